The van der Waals surface area contributed by atoms with E-state index >= 15 is 0 Å². The maximum absolute atomic E-state index is 14.6. The minimum Gasteiger partial charge on any atom is -0.352 e. The lowest BCUT2D eigenvalue weighted by Crippen LogP contribution is -2.54. The summed E-state index contributed by atoms with van der Waals surface area (Å²) < 4.78 is 29.7. The van der Waals surface area contributed by atoms with Gasteiger partial charge in [0.05, 0.1) is 10.6 Å². The second-order valence-corrected chi connectivity index (χ2v) is 13.6. The van der Waals surface area contributed by atoms with E-state index in [0.717, 1.165) is 22.3 Å². The third kappa shape index (κ3) is 8.74. The fourth-order valence-corrected chi connectivity index (χ4v) is 6.70. The Bertz CT molecular complexity index is 1690. The summed E-state index contributed by atoms with van der Waals surface area (Å²) in [7, 11) is -4.17. The first-order valence-corrected chi connectivity index (χ1v) is 16.9. The molecule has 1 atom stereocenters. The van der Waals surface area contributed by atoms with Gasteiger partial charge >= 0.3 is 0 Å². The lowest BCUT2D eigenvalue weighted by Gasteiger charge is -2.34. The highest BCUT2D eigenvalue weighted by atomic mass is 35.5. The molecule has 0 aromatic heterocycles. The molecule has 236 valence electrons. The number of carbonyl (C=O) groups excluding carboxylic acids is 2. The Kier molecular flexibility index (Phi) is 11.4. The largest absolute Gasteiger partial charge is 0.352 e. The molecule has 0 aliphatic rings. The number of nitrogens with one attached hydrogen (secondary N) is 1. The Balaban J connectivity index is 1.83. The maximum Gasteiger partial charge on any atom is 0.264 e. The van der Waals surface area contributed by atoms with Crippen LogP contribution in [0.2, 0.25) is 5.02 Å². The average molecular weight is 646 g/mol. The number of carbonyl (C=O) groups is 2. The fourth-order valence-electron chi connectivity index (χ4n) is 5.13. The molecule has 0 heterocycles. The number of rotatable bonds is 13. The topological polar surface area (TPSA) is 86.8 Å². The highest BCUT2D eigenvalue weighted by molar-refractivity contribution is 7.92. The SMILES string of the molecule is CCc1ccccc1N(CC(=O)N(Cc1ccc(Cl)cc1)[C@H](Cc1ccccc1)C(=O)NC(C)C)S(=O)(=O)c1ccc(C)cc1. The lowest BCUT2D eigenvalue weighted by atomic mass is 10.0. The molecule has 0 saturated carbocycles. The van der Waals surface area contributed by atoms with Crippen molar-refractivity contribution in [2.24, 2.45) is 0 Å². The molecular formula is C36H40ClN3O4S. The Labute approximate surface area is 271 Å². The first kappa shape index (κ1) is 33.7. The number of sulfonamides is 1. The van der Waals surface area contributed by atoms with Gasteiger partial charge in [-0.1, -0.05) is 96.9 Å². The highest BCUT2D eigenvalue weighted by Gasteiger charge is 2.35. The molecule has 2 amide bonds. The van der Waals surface area contributed by atoms with E-state index in [1.54, 1.807) is 60.7 Å². The van der Waals surface area contributed by atoms with Gasteiger partial charge in [-0.05, 0) is 74.2 Å². The monoisotopic (exact) mass is 645 g/mol. The number of para-hydroxylation sites is 1. The Morgan fingerprint density at radius 1 is 0.822 bits per heavy atom. The van der Waals surface area contributed by atoms with Crippen molar-refractivity contribution in [2.45, 2.75) is 64.1 Å². The molecule has 9 heteroatoms. The van der Waals surface area contributed by atoms with Gasteiger partial charge in [0.2, 0.25) is 11.8 Å². The minimum absolute atomic E-state index is 0.0763. The van der Waals surface area contributed by atoms with Gasteiger partial charge in [0.25, 0.3) is 10.0 Å². The Morgan fingerprint density at radius 2 is 1.44 bits per heavy atom. The number of anilines is 1. The molecule has 0 bridgehead atoms. The summed E-state index contributed by atoms with van der Waals surface area (Å²) in [6.07, 6.45) is 0.807. The number of benzene rings is 4. The third-order valence-electron chi connectivity index (χ3n) is 7.50. The predicted molar refractivity (Wildman–Crippen MR) is 181 cm³/mol. The summed E-state index contributed by atoms with van der Waals surface area (Å²) in [5.74, 6) is -0.829. The van der Waals surface area contributed by atoms with Crippen LogP contribution in [-0.4, -0.2) is 43.8 Å². The quantitative estimate of drug-likeness (QED) is 0.178. The van der Waals surface area contributed by atoms with Crippen LogP contribution in [0, 0.1) is 6.92 Å². The zero-order valence-electron chi connectivity index (χ0n) is 26.1. The standard InChI is InChI=1S/C36H40ClN3O4S/c1-5-30-13-9-10-14-33(30)40(45(43,44)32-21-15-27(4)16-22-32)25-35(41)39(24-29-17-19-31(37)20-18-29)34(36(42)38-26(2)3)23-28-11-7-6-8-12-28/h6-22,26,34H,5,23-25H2,1-4H3,(H,38,42)/t34-/m1/s1. The predicted octanol–water partition coefficient (Wildman–Crippen LogP) is 6.57. The normalized spacial score (nSPS) is 12.0. The van der Waals surface area contributed by atoms with Crippen molar-refractivity contribution >= 4 is 39.1 Å². The first-order chi connectivity index (χ1) is 21.5. The van der Waals surface area contributed by atoms with Crippen LogP contribution in [0.1, 0.15) is 43.0 Å². The molecular weight excluding hydrogens is 606 g/mol. The molecule has 4 rings (SSSR count). The average Bonchev–Trinajstić information content (AvgIpc) is 3.02. The molecule has 0 aliphatic heterocycles. The van der Waals surface area contributed by atoms with E-state index in [-0.39, 0.29) is 29.8 Å². The van der Waals surface area contributed by atoms with Gasteiger partial charge in [0, 0.05) is 24.0 Å². The van der Waals surface area contributed by atoms with Gasteiger partial charge in [-0.25, -0.2) is 8.42 Å². The van der Waals surface area contributed by atoms with Gasteiger partial charge in [-0.15, -0.1) is 0 Å². The Morgan fingerprint density at radius 3 is 2.07 bits per heavy atom. The molecule has 7 nitrogen and oxygen atoms in total. The number of hydrogen-bond acceptors (Lipinski definition) is 4. The third-order valence-corrected chi connectivity index (χ3v) is 9.52. The molecule has 4 aromatic rings. The number of aryl methyl sites for hydroxylation is 2. The van der Waals surface area contributed by atoms with Crippen LogP contribution >= 0.6 is 11.6 Å². The van der Waals surface area contributed by atoms with Crippen LogP contribution in [0.5, 0.6) is 0 Å². The molecule has 4 aromatic carbocycles. The van der Waals surface area contributed by atoms with Gasteiger partial charge in [0.15, 0.2) is 0 Å². The summed E-state index contributed by atoms with van der Waals surface area (Å²) >= 11 is 6.15. The molecule has 45 heavy (non-hydrogen) atoms. The van der Waals surface area contributed by atoms with Crippen molar-refractivity contribution in [3.8, 4) is 0 Å². The van der Waals surface area contributed by atoms with Crippen molar-refractivity contribution in [3.63, 3.8) is 0 Å². The molecule has 0 fully saturated rings. The van der Waals surface area contributed by atoms with E-state index in [1.165, 1.54) is 9.21 Å². The van der Waals surface area contributed by atoms with Crippen LogP contribution in [-0.2, 0) is 39.0 Å². The van der Waals surface area contributed by atoms with E-state index in [4.69, 9.17) is 11.6 Å². The first-order valence-electron chi connectivity index (χ1n) is 15.0. The second-order valence-electron chi connectivity index (χ2n) is 11.3. The number of hydrogen-bond donors (Lipinski definition) is 1. The number of amides is 2. The van der Waals surface area contributed by atoms with Gasteiger partial charge in [-0.2, -0.15) is 0 Å². The Hall–Kier alpha value is -4.14. The van der Waals surface area contributed by atoms with Crippen molar-refractivity contribution < 1.29 is 18.0 Å². The summed E-state index contributed by atoms with van der Waals surface area (Å²) in [6.45, 7) is 7.12. The van der Waals surface area contributed by atoms with Crippen molar-refractivity contribution in [3.05, 3.63) is 130 Å². The van der Waals surface area contributed by atoms with Crippen molar-refractivity contribution in [2.75, 3.05) is 10.8 Å². The fraction of sp³-hybridized carbons (Fsp3) is 0.278. The van der Waals surface area contributed by atoms with E-state index < -0.39 is 28.5 Å². The van der Waals surface area contributed by atoms with Crippen LogP contribution in [0.3, 0.4) is 0 Å². The second kappa shape index (κ2) is 15.2. The van der Waals surface area contributed by atoms with Crippen LogP contribution in [0.15, 0.2) is 108 Å². The van der Waals surface area contributed by atoms with E-state index in [2.05, 4.69) is 5.32 Å². The highest BCUT2D eigenvalue weighted by Crippen LogP contribution is 2.29. The zero-order chi connectivity index (χ0) is 32.6. The van der Waals surface area contributed by atoms with E-state index in [9.17, 15) is 18.0 Å². The van der Waals surface area contributed by atoms with E-state index in [1.807, 2.05) is 70.2 Å². The van der Waals surface area contributed by atoms with Gasteiger partial charge in [-0.3, -0.25) is 13.9 Å². The van der Waals surface area contributed by atoms with Crippen LogP contribution in [0.4, 0.5) is 5.69 Å². The maximum atomic E-state index is 14.6. The summed E-state index contributed by atoms with van der Waals surface area (Å²) in [5, 5.41) is 3.52. The minimum atomic E-state index is -4.17. The summed E-state index contributed by atoms with van der Waals surface area (Å²) in [5.41, 5.74) is 3.75. The molecule has 0 radical (unpaired) electrons. The lowest BCUT2D eigenvalue weighted by molar-refractivity contribution is -0.140. The van der Waals surface area contributed by atoms with Gasteiger partial charge < -0.3 is 10.2 Å². The van der Waals surface area contributed by atoms with Crippen LogP contribution in [0.25, 0.3) is 0 Å². The van der Waals surface area contributed by atoms with Crippen molar-refractivity contribution in [1.82, 2.24) is 10.2 Å². The summed E-state index contributed by atoms with van der Waals surface area (Å²) in [4.78, 5) is 29.9. The molecule has 0 aliphatic carbocycles. The van der Waals surface area contributed by atoms with Crippen molar-refractivity contribution in [1.29, 1.82) is 0 Å². The van der Waals surface area contributed by atoms with E-state index in [0.29, 0.717) is 17.1 Å². The number of nitrogens with zero attached hydrogens (tertiary/aromatic N) is 2. The van der Waals surface area contributed by atoms with Crippen LogP contribution < -0.4 is 9.62 Å². The zero-order valence-corrected chi connectivity index (χ0v) is 27.7. The van der Waals surface area contributed by atoms with Gasteiger partial charge in [0.1, 0.15) is 12.6 Å². The molecule has 0 unspecified atom stereocenters. The summed E-state index contributed by atoms with van der Waals surface area (Å²) in [6, 6.07) is 29.2. The number of halogens is 1. The smallest absolute Gasteiger partial charge is 0.264 e. The molecule has 1 N–H and O–H groups in total. The molecule has 0 spiro atoms. The molecule has 0 saturated heterocycles.